The summed E-state index contributed by atoms with van der Waals surface area (Å²) >= 11 is 0. The maximum absolute atomic E-state index is 12.6. The van der Waals surface area contributed by atoms with Gasteiger partial charge in [0, 0.05) is 42.9 Å². The Balaban J connectivity index is 1.43. The number of amides is 1. The summed E-state index contributed by atoms with van der Waals surface area (Å²) in [4.78, 5) is 14.9. The van der Waals surface area contributed by atoms with Crippen LogP contribution in [0.3, 0.4) is 0 Å². The van der Waals surface area contributed by atoms with Crippen LogP contribution >= 0.6 is 0 Å². The number of carbonyl (C=O) groups excluding carboxylic acids is 1. The Bertz CT molecular complexity index is 933. The first-order chi connectivity index (χ1) is 13.7. The van der Waals surface area contributed by atoms with Crippen molar-refractivity contribution in [3.63, 3.8) is 0 Å². The average molecular weight is 376 g/mol. The number of fused-ring (bicyclic) bond motifs is 1. The summed E-state index contributed by atoms with van der Waals surface area (Å²) in [6, 6.07) is 15.8. The molecule has 0 radical (unpaired) electrons. The highest BCUT2D eigenvalue weighted by atomic mass is 16.5. The molecule has 0 saturated heterocycles. The van der Waals surface area contributed by atoms with Gasteiger partial charge >= 0.3 is 0 Å². The lowest BCUT2D eigenvalue weighted by atomic mass is 10.1. The van der Waals surface area contributed by atoms with Crippen molar-refractivity contribution in [1.29, 1.82) is 0 Å². The first kappa shape index (κ1) is 18.3. The molecule has 0 atom stereocenters. The van der Waals surface area contributed by atoms with Gasteiger partial charge in [-0.2, -0.15) is 0 Å². The van der Waals surface area contributed by atoms with Crippen LogP contribution in [0.25, 0.3) is 0 Å². The van der Waals surface area contributed by atoms with Gasteiger partial charge in [-0.3, -0.25) is 9.69 Å². The predicted octanol–water partition coefficient (Wildman–Crippen LogP) is 3.91. The third-order valence-corrected chi connectivity index (χ3v) is 4.94. The van der Waals surface area contributed by atoms with Crippen LogP contribution in [-0.4, -0.2) is 24.0 Å². The van der Waals surface area contributed by atoms with Gasteiger partial charge in [-0.15, -0.1) is 0 Å². The molecule has 2 heterocycles. The zero-order chi connectivity index (χ0) is 19.3. The van der Waals surface area contributed by atoms with Gasteiger partial charge in [0.25, 0.3) is 5.91 Å². The number of nitrogens with zero attached hydrogens (tertiary/aromatic N) is 1. The minimum atomic E-state index is -0.0750. The van der Waals surface area contributed by atoms with E-state index in [4.69, 9.17) is 9.15 Å². The Morgan fingerprint density at radius 3 is 2.75 bits per heavy atom. The van der Waals surface area contributed by atoms with Gasteiger partial charge in [0.2, 0.25) is 0 Å². The summed E-state index contributed by atoms with van der Waals surface area (Å²) < 4.78 is 11.0. The number of rotatable bonds is 5. The SMILES string of the molecule is Cc1ccc(CNC(=O)c2ccc3c(c2)CN(Cc2ccoc2)CCO3)cc1. The van der Waals surface area contributed by atoms with E-state index in [9.17, 15) is 4.79 Å². The number of furan rings is 1. The molecule has 5 nitrogen and oxygen atoms in total. The smallest absolute Gasteiger partial charge is 0.251 e. The summed E-state index contributed by atoms with van der Waals surface area (Å²) in [5.41, 5.74) is 5.11. The number of ether oxygens (including phenoxy) is 1. The van der Waals surface area contributed by atoms with Crippen LogP contribution in [0, 0.1) is 6.92 Å². The second-order valence-corrected chi connectivity index (χ2v) is 7.18. The third kappa shape index (κ3) is 4.43. The lowest BCUT2D eigenvalue weighted by molar-refractivity contribution is 0.0950. The van der Waals surface area contributed by atoms with Crippen LogP contribution in [0.4, 0.5) is 0 Å². The fraction of sp³-hybridized carbons (Fsp3) is 0.261. The van der Waals surface area contributed by atoms with Gasteiger partial charge in [-0.25, -0.2) is 0 Å². The van der Waals surface area contributed by atoms with Crippen LogP contribution in [0.15, 0.2) is 65.5 Å². The molecule has 4 rings (SSSR count). The van der Waals surface area contributed by atoms with Crippen molar-refractivity contribution in [3.05, 3.63) is 88.9 Å². The van der Waals surface area contributed by atoms with Crippen molar-refractivity contribution in [3.8, 4) is 5.75 Å². The lowest BCUT2D eigenvalue weighted by Crippen LogP contribution is -2.25. The van der Waals surface area contributed by atoms with Crippen molar-refractivity contribution in [2.24, 2.45) is 0 Å². The normalized spacial score (nSPS) is 14.0. The second kappa shape index (κ2) is 8.31. The van der Waals surface area contributed by atoms with E-state index >= 15 is 0 Å². The fourth-order valence-corrected chi connectivity index (χ4v) is 3.36. The fourth-order valence-electron chi connectivity index (χ4n) is 3.36. The summed E-state index contributed by atoms with van der Waals surface area (Å²) in [6.45, 7) is 5.55. The van der Waals surface area contributed by atoms with Gasteiger partial charge in [0.15, 0.2) is 0 Å². The molecule has 1 N–H and O–H groups in total. The van der Waals surface area contributed by atoms with Crippen molar-refractivity contribution < 1.29 is 13.9 Å². The molecular weight excluding hydrogens is 352 g/mol. The number of nitrogens with one attached hydrogen (secondary N) is 1. The largest absolute Gasteiger partial charge is 0.492 e. The van der Waals surface area contributed by atoms with E-state index in [-0.39, 0.29) is 5.91 Å². The molecule has 5 heteroatoms. The number of hydrogen-bond acceptors (Lipinski definition) is 4. The van der Waals surface area contributed by atoms with Crippen LogP contribution in [0.1, 0.15) is 32.6 Å². The molecule has 28 heavy (non-hydrogen) atoms. The van der Waals surface area contributed by atoms with Gasteiger partial charge in [-0.1, -0.05) is 29.8 Å². The first-order valence-electron chi connectivity index (χ1n) is 9.50. The Morgan fingerprint density at radius 2 is 1.96 bits per heavy atom. The summed E-state index contributed by atoms with van der Waals surface area (Å²) in [7, 11) is 0. The zero-order valence-corrected chi connectivity index (χ0v) is 16.0. The molecule has 0 unspecified atom stereocenters. The van der Waals surface area contributed by atoms with Gasteiger partial charge < -0.3 is 14.5 Å². The van der Waals surface area contributed by atoms with Crippen molar-refractivity contribution in [2.75, 3.05) is 13.2 Å². The quantitative estimate of drug-likeness (QED) is 0.733. The van der Waals surface area contributed by atoms with Crippen LogP contribution in [0.5, 0.6) is 5.75 Å². The van der Waals surface area contributed by atoms with Crippen LogP contribution in [0.2, 0.25) is 0 Å². The van der Waals surface area contributed by atoms with Crippen molar-refractivity contribution in [2.45, 2.75) is 26.6 Å². The standard InChI is InChI=1S/C23H24N2O3/c1-17-2-4-18(5-3-17)13-24-23(26)20-6-7-22-21(12-20)15-25(9-11-28-22)14-19-8-10-27-16-19/h2-8,10,12,16H,9,11,13-15H2,1H3,(H,24,26). The highest BCUT2D eigenvalue weighted by Gasteiger charge is 2.18. The molecule has 0 bridgehead atoms. The number of aryl methyl sites for hydroxylation is 1. The second-order valence-electron chi connectivity index (χ2n) is 7.18. The van der Waals surface area contributed by atoms with Crippen molar-refractivity contribution >= 4 is 5.91 Å². The molecule has 1 aliphatic rings. The highest BCUT2D eigenvalue weighted by Crippen LogP contribution is 2.25. The van der Waals surface area contributed by atoms with E-state index in [2.05, 4.69) is 29.3 Å². The summed E-state index contributed by atoms with van der Waals surface area (Å²) in [6.07, 6.45) is 3.45. The van der Waals surface area contributed by atoms with E-state index in [1.54, 1.807) is 12.5 Å². The Labute approximate surface area is 164 Å². The molecule has 144 valence electrons. The van der Waals surface area contributed by atoms with Gasteiger partial charge in [0.05, 0.1) is 12.5 Å². The molecule has 0 spiro atoms. The minimum Gasteiger partial charge on any atom is -0.492 e. The number of benzene rings is 2. The third-order valence-electron chi connectivity index (χ3n) is 4.94. The maximum Gasteiger partial charge on any atom is 0.251 e. The van der Waals surface area contributed by atoms with Crippen molar-refractivity contribution in [1.82, 2.24) is 10.2 Å². The van der Waals surface area contributed by atoms with E-state index in [0.29, 0.717) is 18.7 Å². The maximum atomic E-state index is 12.6. The highest BCUT2D eigenvalue weighted by molar-refractivity contribution is 5.94. The van der Waals surface area contributed by atoms with Gasteiger partial charge in [0.1, 0.15) is 12.4 Å². The molecule has 1 amide bonds. The van der Waals surface area contributed by atoms with E-state index in [1.165, 1.54) is 5.56 Å². The molecule has 0 aliphatic carbocycles. The van der Waals surface area contributed by atoms with Crippen LogP contribution in [-0.2, 0) is 19.6 Å². The lowest BCUT2D eigenvalue weighted by Gasteiger charge is -2.18. The topological polar surface area (TPSA) is 54.7 Å². The Morgan fingerprint density at radius 1 is 1.11 bits per heavy atom. The van der Waals surface area contributed by atoms with Crippen LogP contribution < -0.4 is 10.1 Å². The zero-order valence-electron chi connectivity index (χ0n) is 16.0. The monoisotopic (exact) mass is 376 g/mol. The minimum absolute atomic E-state index is 0.0750. The number of hydrogen-bond donors (Lipinski definition) is 1. The van der Waals surface area contributed by atoms with Gasteiger partial charge in [-0.05, 0) is 36.8 Å². The Kier molecular flexibility index (Phi) is 5.44. The summed E-state index contributed by atoms with van der Waals surface area (Å²) in [5, 5.41) is 3.00. The molecule has 1 aromatic heterocycles. The molecule has 0 saturated carbocycles. The Hall–Kier alpha value is -3.05. The first-order valence-corrected chi connectivity index (χ1v) is 9.50. The summed E-state index contributed by atoms with van der Waals surface area (Å²) in [5.74, 6) is 0.777. The predicted molar refractivity (Wildman–Crippen MR) is 107 cm³/mol. The van der Waals surface area contributed by atoms with E-state index in [1.807, 2.05) is 36.4 Å². The molecule has 0 fully saturated rings. The number of carbonyl (C=O) groups is 1. The molecular formula is C23H24N2O3. The van der Waals surface area contributed by atoms with E-state index in [0.717, 1.165) is 42.1 Å². The van der Waals surface area contributed by atoms with E-state index < -0.39 is 0 Å². The molecule has 1 aliphatic heterocycles. The molecule has 2 aromatic carbocycles. The average Bonchev–Trinajstić information content (AvgIpc) is 3.12. The molecule has 3 aromatic rings.